The van der Waals surface area contributed by atoms with Crippen molar-refractivity contribution in [2.45, 2.75) is 76.4 Å². The molecule has 1 N–H and O–H groups in total. The number of amides is 1. The Morgan fingerprint density at radius 3 is 2.39 bits per heavy atom. The predicted molar refractivity (Wildman–Crippen MR) is 138 cm³/mol. The zero-order chi connectivity index (χ0) is 27.5. The molecule has 0 spiro atoms. The van der Waals surface area contributed by atoms with Gasteiger partial charge < -0.3 is 19.7 Å². The maximum atomic E-state index is 13.9. The van der Waals surface area contributed by atoms with Crippen LogP contribution in [0.3, 0.4) is 0 Å². The largest absolute Gasteiger partial charge is 0.481 e. The van der Waals surface area contributed by atoms with Gasteiger partial charge in [0.15, 0.2) is 0 Å². The number of likely N-dealkylation sites (tertiary alicyclic amines) is 1. The molecule has 2 aliphatic rings. The molecule has 4 rings (SSSR count). The van der Waals surface area contributed by atoms with Gasteiger partial charge in [-0.05, 0) is 38.3 Å². The Kier molecular flexibility index (Phi) is 8.67. The highest BCUT2D eigenvalue weighted by atomic mass is 19.4. The van der Waals surface area contributed by atoms with E-state index in [1.807, 2.05) is 49.1 Å². The van der Waals surface area contributed by atoms with Crippen LogP contribution in [-0.4, -0.2) is 48.2 Å². The Bertz CT molecular complexity index is 1090. The normalized spacial score (nSPS) is 23.0. The van der Waals surface area contributed by atoms with Gasteiger partial charge >= 0.3 is 6.18 Å². The molecule has 1 saturated heterocycles. The van der Waals surface area contributed by atoms with Gasteiger partial charge in [0.1, 0.15) is 0 Å². The molecule has 208 valence electrons. The SMILES string of the molecule is COc1ncc(C(F)(F)F)cc1CNC1C(c2ccccc2)N(C(=O)C2CCCCC2)CC1C(C)(C)OC. The fourth-order valence-electron chi connectivity index (χ4n) is 5.95. The van der Waals surface area contributed by atoms with Gasteiger partial charge in [0.05, 0.1) is 24.3 Å². The number of carbonyl (C=O) groups excluding carboxylic acids is 1. The van der Waals surface area contributed by atoms with Gasteiger partial charge in [-0.15, -0.1) is 0 Å². The van der Waals surface area contributed by atoms with Gasteiger partial charge in [-0.25, -0.2) is 4.98 Å². The van der Waals surface area contributed by atoms with Crippen molar-refractivity contribution in [3.63, 3.8) is 0 Å². The Labute approximate surface area is 222 Å². The summed E-state index contributed by atoms with van der Waals surface area (Å²) in [5, 5.41) is 3.52. The van der Waals surface area contributed by atoms with Gasteiger partial charge in [-0.3, -0.25) is 4.79 Å². The minimum atomic E-state index is -4.52. The molecule has 6 nitrogen and oxygen atoms in total. The molecule has 1 aromatic heterocycles. The fraction of sp³-hybridized carbons (Fsp3) is 0.586. The first kappa shape index (κ1) is 28.4. The summed E-state index contributed by atoms with van der Waals surface area (Å²) in [5.41, 5.74) is -0.135. The molecule has 38 heavy (non-hydrogen) atoms. The summed E-state index contributed by atoms with van der Waals surface area (Å²) in [6.07, 6.45) is 1.31. The number of methoxy groups -OCH3 is 2. The maximum Gasteiger partial charge on any atom is 0.417 e. The minimum Gasteiger partial charge on any atom is -0.481 e. The van der Waals surface area contributed by atoms with Gasteiger partial charge in [-0.2, -0.15) is 13.2 Å². The van der Waals surface area contributed by atoms with E-state index in [1.165, 1.54) is 7.11 Å². The zero-order valence-electron chi connectivity index (χ0n) is 22.6. The van der Waals surface area contributed by atoms with Crippen molar-refractivity contribution in [3.8, 4) is 5.88 Å². The quantitative estimate of drug-likeness (QED) is 0.467. The summed E-state index contributed by atoms with van der Waals surface area (Å²) in [7, 11) is 3.04. The first-order valence-corrected chi connectivity index (χ1v) is 13.3. The summed E-state index contributed by atoms with van der Waals surface area (Å²) in [6, 6.07) is 10.4. The number of nitrogens with one attached hydrogen (secondary N) is 1. The smallest absolute Gasteiger partial charge is 0.417 e. The van der Waals surface area contributed by atoms with E-state index in [2.05, 4.69) is 10.3 Å². The van der Waals surface area contributed by atoms with Crippen molar-refractivity contribution >= 4 is 5.91 Å². The molecule has 1 aliphatic carbocycles. The standard InChI is InChI=1S/C29H38F3N3O3/c1-28(2,38-4)23-18-35(27(36)20-13-9-6-10-14-20)25(19-11-7-5-8-12-19)24(23)33-16-21-15-22(29(30,31)32)17-34-26(21)37-3/h5,7-8,11-12,15,17,20,23-25,33H,6,9-10,13-14,16,18H2,1-4H3. The lowest BCUT2D eigenvalue weighted by molar-refractivity contribution is -0.138. The lowest BCUT2D eigenvalue weighted by atomic mass is 9.83. The summed E-state index contributed by atoms with van der Waals surface area (Å²) in [6.45, 7) is 4.58. The Hall–Kier alpha value is -2.65. The number of ether oxygens (including phenoxy) is 2. The molecule has 2 aromatic rings. The van der Waals surface area contributed by atoms with Crippen molar-refractivity contribution in [2.24, 2.45) is 11.8 Å². The number of benzene rings is 1. The van der Waals surface area contributed by atoms with Gasteiger partial charge in [0.2, 0.25) is 11.8 Å². The molecule has 2 fully saturated rings. The van der Waals surface area contributed by atoms with Crippen LogP contribution in [-0.2, 0) is 22.3 Å². The van der Waals surface area contributed by atoms with Crippen LogP contribution >= 0.6 is 0 Å². The number of carbonyl (C=O) groups is 1. The van der Waals surface area contributed by atoms with E-state index < -0.39 is 17.3 Å². The molecule has 0 radical (unpaired) electrons. The molecule has 2 heterocycles. The Morgan fingerprint density at radius 2 is 1.79 bits per heavy atom. The number of halogens is 3. The molecule has 1 aliphatic heterocycles. The molecule has 1 aromatic carbocycles. The maximum absolute atomic E-state index is 13.9. The van der Waals surface area contributed by atoms with Crippen molar-refractivity contribution in [1.82, 2.24) is 15.2 Å². The van der Waals surface area contributed by atoms with Crippen LogP contribution in [0.15, 0.2) is 42.6 Å². The lowest BCUT2D eigenvalue weighted by Gasteiger charge is -2.36. The summed E-state index contributed by atoms with van der Waals surface area (Å²) in [5.74, 6) is 0.165. The van der Waals surface area contributed by atoms with Crippen LogP contribution in [0.4, 0.5) is 13.2 Å². The molecular weight excluding hydrogens is 495 g/mol. The van der Waals surface area contributed by atoms with Crippen molar-refractivity contribution < 1.29 is 27.4 Å². The molecule has 1 saturated carbocycles. The number of aromatic nitrogens is 1. The number of alkyl halides is 3. The molecule has 3 atom stereocenters. The highest BCUT2D eigenvalue weighted by Gasteiger charge is 2.51. The van der Waals surface area contributed by atoms with Crippen LogP contribution in [0.5, 0.6) is 5.88 Å². The number of rotatable bonds is 8. The second-order valence-corrected chi connectivity index (χ2v) is 10.9. The Morgan fingerprint density at radius 1 is 1.11 bits per heavy atom. The molecule has 9 heteroatoms. The topological polar surface area (TPSA) is 63.7 Å². The van der Waals surface area contributed by atoms with Gasteiger partial charge in [0.25, 0.3) is 0 Å². The van der Waals surface area contributed by atoms with Crippen LogP contribution in [0.2, 0.25) is 0 Å². The van der Waals surface area contributed by atoms with Crippen molar-refractivity contribution in [2.75, 3.05) is 20.8 Å². The summed E-state index contributed by atoms with van der Waals surface area (Å²) in [4.78, 5) is 19.8. The van der Waals surface area contributed by atoms with Crippen LogP contribution < -0.4 is 10.1 Å². The molecule has 3 unspecified atom stereocenters. The molecule has 0 bridgehead atoms. The predicted octanol–water partition coefficient (Wildman–Crippen LogP) is 5.77. The van der Waals surface area contributed by atoms with Crippen molar-refractivity contribution in [1.29, 1.82) is 0 Å². The third-order valence-electron chi connectivity index (χ3n) is 8.27. The fourth-order valence-corrected chi connectivity index (χ4v) is 5.95. The number of nitrogens with zero attached hydrogens (tertiary/aromatic N) is 2. The van der Waals surface area contributed by atoms with Crippen molar-refractivity contribution in [3.05, 3.63) is 59.3 Å². The summed E-state index contributed by atoms with van der Waals surface area (Å²) >= 11 is 0. The monoisotopic (exact) mass is 533 g/mol. The van der Waals surface area contributed by atoms with E-state index in [0.717, 1.165) is 49.9 Å². The summed E-state index contributed by atoms with van der Waals surface area (Å²) < 4.78 is 51.5. The van der Waals surface area contributed by atoms with E-state index in [9.17, 15) is 18.0 Å². The van der Waals surface area contributed by atoms with E-state index in [4.69, 9.17) is 9.47 Å². The van der Waals surface area contributed by atoms with E-state index >= 15 is 0 Å². The zero-order valence-corrected chi connectivity index (χ0v) is 22.6. The minimum absolute atomic E-state index is 0.00668. The highest BCUT2D eigenvalue weighted by Crippen LogP contribution is 2.44. The van der Waals surface area contributed by atoms with E-state index in [1.54, 1.807) is 7.11 Å². The lowest BCUT2D eigenvalue weighted by Crippen LogP contribution is -2.47. The molecule has 1 amide bonds. The third kappa shape index (κ3) is 5.99. The number of hydrogen-bond acceptors (Lipinski definition) is 5. The molecular formula is C29H38F3N3O3. The second kappa shape index (κ2) is 11.6. The first-order valence-electron chi connectivity index (χ1n) is 13.3. The van der Waals surface area contributed by atoms with E-state index in [-0.39, 0.29) is 42.3 Å². The number of pyridine rings is 1. The third-order valence-corrected chi connectivity index (χ3v) is 8.27. The van der Waals surface area contributed by atoms with Crippen LogP contribution in [0, 0.1) is 11.8 Å². The van der Waals surface area contributed by atoms with Gasteiger partial charge in [0, 0.05) is 49.8 Å². The Balaban J connectivity index is 1.71. The van der Waals surface area contributed by atoms with Crippen LogP contribution in [0.25, 0.3) is 0 Å². The van der Waals surface area contributed by atoms with Gasteiger partial charge in [-0.1, -0.05) is 49.6 Å². The van der Waals surface area contributed by atoms with Crippen LogP contribution in [0.1, 0.15) is 68.7 Å². The average molecular weight is 534 g/mol. The average Bonchev–Trinajstić information content (AvgIpc) is 3.32. The first-order chi connectivity index (χ1) is 18.1. The van der Waals surface area contributed by atoms with E-state index in [0.29, 0.717) is 12.1 Å². The number of hydrogen-bond donors (Lipinski definition) is 1. The second-order valence-electron chi connectivity index (χ2n) is 10.9. The highest BCUT2D eigenvalue weighted by molar-refractivity contribution is 5.80.